The van der Waals surface area contributed by atoms with Crippen LogP contribution in [0.2, 0.25) is 0 Å². The number of aliphatic hydroxyl groups is 2. The molecule has 0 saturated heterocycles. The minimum absolute atomic E-state index is 0.0671. The van der Waals surface area contributed by atoms with Crippen molar-refractivity contribution >= 4 is 5.91 Å². The fraction of sp³-hybridized carbons (Fsp3) is 0.929. The van der Waals surface area contributed by atoms with E-state index in [1.165, 1.54) is 186 Å². The van der Waals surface area contributed by atoms with Crippen LogP contribution < -0.4 is 5.32 Å². The van der Waals surface area contributed by atoms with E-state index in [2.05, 4.69) is 19.2 Å². The van der Waals surface area contributed by atoms with Gasteiger partial charge < -0.3 is 15.5 Å². The third-order valence-corrected chi connectivity index (χ3v) is 9.77. The van der Waals surface area contributed by atoms with Crippen LogP contribution in [0.4, 0.5) is 0 Å². The fourth-order valence-corrected chi connectivity index (χ4v) is 6.53. The molecule has 2 atom stereocenters. The predicted molar refractivity (Wildman–Crippen MR) is 202 cm³/mol. The summed E-state index contributed by atoms with van der Waals surface area (Å²) in [6.45, 7) is 4.22. The zero-order valence-corrected chi connectivity index (χ0v) is 31.4. The first-order valence-electron chi connectivity index (χ1n) is 20.9. The molecule has 0 heterocycles. The summed E-state index contributed by atoms with van der Waals surface area (Å²) in [6.07, 6.45) is 48.0. The van der Waals surface area contributed by atoms with Crippen molar-refractivity contribution in [2.75, 3.05) is 6.61 Å². The number of hydrogen-bond acceptors (Lipinski definition) is 3. The smallest absolute Gasteiger partial charge is 0.220 e. The van der Waals surface area contributed by atoms with Crippen molar-refractivity contribution in [3.63, 3.8) is 0 Å². The molecule has 2 unspecified atom stereocenters. The fourth-order valence-electron chi connectivity index (χ4n) is 6.53. The Hall–Kier alpha value is -0.870. The third kappa shape index (κ3) is 34.5. The Bertz CT molecular complexity index is 622. The number of carbonyl (C=O) groups is 1. The Morgan fingerprint density at radius 2 is 0.804 bits per heavy atom. The number of nitrogens with one attached hydrogen (secondary N) is 1. The molecule has 4 heteroatoms. The third-order valence-electron chi connectivity index (χ3n) is 9.77. The van der Waals surface area contributed by atoms with Gasteiger partial charge in [-0.3, -0.25) is 4.79 Å². The Labute approximate surface area is 288 Å². The normalized spacial score (nSPS) is 13.0. The van der Waals surface area contributed by atoms with Gasteiger partial charge in [0.15, 0.2) is 0 Å². The lowest BCUT2D eigenvalue weighted by molar-refractivity contribution is -0.123. The van der Waals surface area contributed by atoms with Crippen molar-refractivity contribution in [2.24, 2.45) is 0 Å². The maximum Gasteiger partial charge on any atom is 0.220 e. The highest BCUT2D eigenvalue weighted by Gasteiger charge is 2.17. The van der Waals surface area contributed by atoms with Crippen LogP contribution in [0, 0.1) is 0 Å². The van der Waals surface area contributed by atoms with Gasteiger partial charge in [0.1, 0.15) is 0 Å². The van der Waals surface area contributed by atoms with E-state index in [0.717, 1.165) is 25.7 Å². The van der Waals surface area contributed by atoms with Gasteiger partial charge in [0.2, 0.25) is 5.91 Å². The molecule has 0 aromatic carbocycles. The van der Waals surface area contributed by atoms with Crippen LogP contribution in [0.25, 0.3) is 0 Å². The first-order chi connectivity index (χ1) is 22.7. The standard InChI is InChI=1S/C42H83NO3/c1-3-5-7-9-10-11-12-13-14-15-16-17-18-19-20-21-22-23-24-25-26-27-28-29-30-31-32-34-36-38-42(46)43-40(39-44)41(45)37-35-33-8-6-4-2/h35,37,40-41,44-45H,3-34,36,38-39H2,1-2H3,(H,43,46)/b37-35+. The lowest BCUT2D eigenvalue weighted by atomic mass is 10.0. The van der Waals surface area contributed by atoms with Gasteiger partial charge >= 0.3 is 0 Å². The summed E-state index contributed by atoms with van der Waals surface area (Å²) in [4.78, 5) is 12.2. The molecule has 274 valence electrons. The summed E-state index contributed by atoms with van der Waals surface area (Å²) < 4.78 is 0. The van der Waals surface area contributed by atoms with Gasteiger partial charge in [0, 0.05) is 6.42 Å². The molecular weight excluding hydrogens is 566 g/mol. The minimum atomic E-state index is -0.830. The number of carbonyl (C=O) groups excluding carboxylic acids is 1. The van der Waals surface area contributed by atoms with Gasteiger partial charge in [-0.15, -0.1) is 0 Å². The topological polar surface area (TPSA) is 69.6 Å². The summed E-state index contributed by atoms with van der Waals surface area (Å²) in [5.41, 5.74) is 0. The van der Waals surface area contributed by atoms with Crippen molar-refractivity contribution in [1.29, 1.82) is 0 Å². The summed E-state index contributed by atoms with van der Waals surface area (Å²) in [5, 5.41) is 22.6. The van der Waals surface area contributed by atoms with E-state index < -0.39 is 12.1 Å². The van der Waals surface area contributed by atoms with Crippen LogP contribution in [0.5, 0.6) is 0 Å². The number of aliphatic hydroxyl groups excluding tert-OH is 2. The van der Waals surface area contributed by atoms with Gasteiger partial charge in [0.25, 0.3) is 0 Å². The SMILES string of the molecule is CCCCC/C=C/C(O)C(CO)NC(=O)CCCCCCCCCCCCCCCCCCCCCCCCCCCCCCC. The molecule has 1 amide bonds. The Balaban J connectivity index is 3.31. The van der Waals surface area contributed by atoms with Crippen molar-refractivity contribution < 1.29 is 15.0 Å². The van der Waals surface area contributed by atoms with E-state index in [4.69, 9.17) is 0 Å². The average Bonchev–Trinajstić information content (AvgIpc) is 3.06. The van der Waals surface area contributed by atoms with Crippen LogP contribution >= 0.6 is 0 Å². The Kier molecular flexibility index (Phi) is 37.8. The second-order valence-electron chi connectivity index (χ2n) is 14.4. The number of hydrogen-bond donors (Lipinski definition) is 3. The van der Waals surface area contributed by atoms with Crippen molar-refractivity contribution in [1.82, 2.24) is 5.32 Å². The molecule has 0 aliphatic carbocycles. The van der Waals surface area contributed by atoms with Gasteiger partial charge in [-0.2, -0.15) is 0 Å². The maximum atomic E-state index is 12.2. The molecule has 0 aliphatic rings. The summed E-state index contributed by atoms with van der Waals surface area (Å²) >= 11 is 0. The molecular formula is C42H83NO3. The second-order valence-corrected chi connectivity index (χ2v) is 14.4. The molecule has 0 aromatic rings. The van der Waals surface area contributed by atoms with Crippen molar-refractivity contribution in [2.45, 2.75) is 244 Å². The second kappa shape index (κ2) is 38.6. The van der Waals surface area contributed by atoms with Crippen molar-refractivity contribution in [3.8, 4) is 0 Å². The zero-order chi connectivity index (χ0) is 33.6. The predicted octanol–water partition coefficient (Wildman–Crippen LogP) is 12.7. The lowest BCUT2D eigenvalue weighted by Gasteiger charge is -2.20. The highest BCUT2D eigenvalue weighted by atomic mass is 16.3. The van der Waals surface area contributed by atoms with Crippen molar-refractivity contribution in [3.05, 3.63) is 12.2 Å². The Morgan fingerprint density at radius 3 is 1.13 bits per heavy atom. The van der Waals surface area contributed by atoms with Crippen LogP contribution in [0.1, 0.15) is 232 Å². The number of allylic oxidation sites excluding steroid dienone is 1. The van der Waals surface area contributed by atoms with E-state index in [1.54, 1.807) is 6.08 Å². The van der Waals surface area contributed by atoms with E-state index in [9.17, 15) is 15.0 Å². The molecule has 0 aliphatic heterocycles. The van der Waals surface area contributed by atoms with Gasteiger partial charge in [-0.1, -0.05) is 219 Å². The van der Waals surface area contributed by atoms with Crippen LogP contribution in [-0.2, 0) is 4.79 Å². The van der Waals surface area contributed by atoms with E-state index in [-0.39, 0.29) is 12.5 Å². The molecule has 0 bridgehead atoms. The number of amides is 1. The molecule has 0 aromatic heterocycles. The van der Waals surface area contributed by atoms with E-state index in [1.807, 2.05) is 6.08 Å². The summed E-state index contributed by atoms with van der Waals surface area (Å²) in [5.74, 6) is -0.0671. The maximum absolute atomic E-state index is 12.2. The summed E-state index contributed by atoms with van der Waals surface area (Å²) in [6, 6.07) is -0.612. The molecule has 0 saturated carbocycles. The lowest BCUT2D eigenvalue weighted by Crippen LogP contribution is -2.45. The van der Waals surface area contributed by atoms with Gasteiger partial charge in [0.05, 0.1) is 18.8 Å². The first kappa shape index (κ1) is 45.1. The van der Waals surface area contributed by atoms with E-state index in [0.29, 0.717) is 6.42 Å². The molecule has 3 N–H and O–H groups in total. The quantitative estimate of drug-likeness (QED) is 0.0460. The molecule has 0 spiro atoms. The van der Waals surface area contributed by atoms with Gasteiger partial charge in [-0.05, 0) is 19.3 Å². The van der Waals surface area contributed by atoms with Crippen LogP contribution in [0.15, 0.2) is 12.2 Å². The molecule has 4 nitrogen and oxygen atoms in total. The first-order valence-corrected chi connectivity index (χ1v) is 20.9. The number of rotatable bonds is 38. The molecule has 46 heavy (non-hydrogen) atoms. The Morgan fingerprint density at radius 1 is 0.500 bits per heavy atom. The molecule has 0 fully saturated rings. The highest BCUT2D eigenvalue weighted by molar-refractivity contribution is 5.76. The highest BCUT2D eigenvalue weighted by Crippen LogP contribution is 2.16. The zero-order valence-electron chi connectivity index (χ0n) is 31.4. The summed E-state index contributed by atoms with van der Waals surface area (Å²) in [7, 11) is 0. The van der Waals surface area contributed by atoms with E-state index >= 15 is 0 Å². The minimum Gasteiger partial charge on any atom is -0.394 e. The largest absolute Gasteiger partial charge is 0.394 e. The van der Waals surface area contributed by atoms with Crippen LogP contribution in [0.3, 0.4) is 0 Å². The van der Waals surface area contributed by atoms with Gasteiger partial charge in [-0.25, -0.2) is 0 Å². The monoisotopic (exact) mass is 650 g/mol. The number of unbranched alkanes of at least 4 members (excludes halogenated alkanes) is 31. The average molecular weight is 650 g/mol. The molecule has 0 radical (unpaired) electrons. The van der Waals surface area contributed by atoms with Crippen LogP contribution in [-0.4, -0.2) is 34.9 Å². The molecule has 0 rings (SSSR count).